The maximum atomic E-state index is 11.5. The molecule has 82 valence electrons. The third kappa shape index (κ3) is 3.23. The van der Waals surface area contributed by atoms with Crippen molar-refractivity contribution in [3.8, 4) is 0 Å². The fourth-order valence-electron chi connectivity index (χ4n) is 1.12. The number of nitrogens with one attached hydrogen (secondary N) is 1. The fraction of sp³-hybridized carbons (Fsp3) is 0.455. The van der Waals surface area contributed by atoms with Crippen molar-refractivity contribution in [2.75, 3.05) is 26.0 Å². The minimum atomic E-state index is -0.0722. The summed E-state index contributed by atoms with van der Waals surface area (Å²) in [6.45, 7) is 3.02. The molecule has 0 unspecified atom stereocenters. The summed E-state index contributed by atoms with van der Waals surface area (Å²) < 4.78 is 0. The molecule has 4 heteroatoms. The summed E-state index contributed by atoms with van der Waals surface area (Å²) in [6, 6.07) is 3.61. The third-order valence-electron chi connectivity index (χ3n) is 1.97. The molecule has 0 radical (unpaired) electrons. The number of nitrogens with zero attached hydrogens (tertiary/aromatic N) is 2. The van der Waals surface area contributed by atoms with Gasteiger partial charge in [0.1, 0.15) is 5.69 Å². The minimum Gasteiger partial charge on any atom is -0.384 e. The molecule has 1 N–H and O–H groups in total. The van der Waals surface area contributed by atoms with Gasteiger partial charge >= 0.3 is 0 Å². The van der Waals surface area contributed by atoms with Gasteiger partial charge in [-0.15, -0.1) is 0 Å². The topological polar surface area (TPSA) is 45.2 Å². The lowest BCUT2D eigenvalue weighted by molar-refractivity contribution is 0.0822. The Morgan fingerprint density at radius 2 is 2.20 bits per heavy atom. The van der Waals surface area contributed by atoms with Gasteiger partial charge in [-0.1, -0.05) is 6.92 Å². The van der Waals surface area contributed by atoms with E-state index in [1.165, 1.54) is 4.90 Å². The molecule has 4 nitrogen and oxygen atoms in total. The van der Waals surface area contributed by atoms with Crippen LogP contribution >= 0.6 is 0 Å². The lowest BCUT2D eigenvalue weighted by Gasteiger charge is -2.10. The summed E-state index contributed by atoms with van der Waals surface area (Å²) in [5.74, 6) is -0.0722. The van der Waals surface area contributed by atoms with E-state index >= 15 is 0 Å². The maximum absolute atomic E-state index is 11.5. The Labute approximate surface area is 90.3 Å². The number of carbonyl (C=O) groups excluding carboxylic acids is 1. The number of pyridine rings is 1. The molecule has 1 amide bonds. The quantitative estimate of drug-likeness (QED) is 0.815. The van der Waals surface area contributed by atoms with E-state index < -0.39 is 0 Å². The fourth-order valence-corrected chi connectivity index (χ4v) is 1.12. The Bertz CT molecular complexity index is 319. The molecular weight excluding hydrogens is 190 g/mol. The summed E-state index contributed by atoms with van der Waals surface area (Å²) in [5.41, 5.74) is 1.43. The van der Waals surface area contributed by atoms with Crippen molar-refractivity contribution in [3.05, 3.63) is 24.0 Å². The first-order valence-electron chi connectivity index (χ1n) is 5.06. The summed E-state index contributed by atoms with van der Waals surface area (Å²) >= 11 is 0. The lowest BCUT2D eigenvalue weighted by Crippen LogP contribution is -2.22. The number of aromatic nitrogens is 1. The second-order valence-corrected chi connectivity index (χ2v) is 3.56. The highest BCUT2D eigenvalue weighted by molar-refractivity contribution is 5.92. The van der Waals surface area contributed by atoms with E-state index in [1.807, 2.05) is 6.07 Å². The van der Waals surface area contributed by atoms with Gasteiger partial charge < -0.3 is 10.2 Å². The van der Waals surface area contributed by atoms with Crippen molar-refractivity contribution in [3.63, 3.8) is 0 Å². The average Bonchev–Trinajstić information content (AvgIpc) is 2.26. The molecule has 0 saturated carbocycles. The SMILES string of the molecule is CCCNc1ccc(C(=O)N(C)C)nc1. The highest BCUT2D eigenvalue weighted by Crippen LogP contribution is 2.07. The molecule has 0 aromatic carbocycles. The molecule has 1 aromatic rings. The molecule has 0 aliphatic carbocycles. The van der Waals surface area contributed by atoms with Crippen LogP contribution < -0.4 is 5.32 Å². The summed E-state index contributed by atoms with van der Waals surface area (Å²) in [4.78, 5) is 17.1. The van der Waals surface area contributed by atoms with E-state index in [-0.39, 0.29) is 5.91 Å². The Balaban J connectivity index is 2.68. The zero-order chi connectivity index (χ0) is 11.3. The minimum absolute atomic E-state index is 0.0722. The normalized spacial score (nSPS) is 9.80. The van der Waals surface area contributed by atoms with Gasteiger partial charge in [0.05, 0.1) is 11.9 Å². The number of rotatable bonds is 4. The van der Waals surface area contributed by atoms with E-state index in [4.69, 9.17) is 0 Å². The largest absolute Gasteiger partial charge is 0.384 e. The van der Waals surface area contributed by atoms with E-state index in [0.717, 1.165) is 18.7 Å². The van der Waals surface area contributed by atoms with Crippen LogP contribution in [-0.4, -0.2) is 36.4 Å². The zero-order valence-corrected chi connectivity index (χ0v) is 9.45. The second-order valence-electron chi connectivity index (χ2n) is 3.56. The van der Waals surface area contributed by atoms with Gasteiger partial charge in [-0.2, -0.15) is 0 Å². The number of amides is 1. The van der Waals surface area contributed by atoms with Crippen molar-refractivity contribution >= 4 is 11.6 Å². The highest BCUT2D eigenvalue weighted by atomic mass is 16.2. The van der Waals surface area contributed by atoms with Gasteiger partial charge in [-0.05, 0) is 18.6 Å². The predicted molar refractivity (Wildman–Crippen MR) is 61.0 cm³/mol. The van der Waals surface area contributed by atoms with Crippen molar-refractivity contribution in [1.29, 1.82) is 0 Å². The number of anilines is 1. The maximum Gasteiger partial charge on any atom is 0.271 e. The third-order valence-corrected chi connectivity index (χ3v) is 1.97. The van der Waals surface area contributed by atoms with Crippen LogP contribution in [0.3, 0.4) is 0 Å². The van der Waals surface area contributed by atoms with Crippen LogP contribution in [0.25, 0.3) is 0 Å². The van der Waals surface area contributed by atoms with E-state index in [9.17, 15) is 4.79 Å². The van der Waals surface area contributed by atoms with Gasteiger partial charge in [-0.3, -0.25) is 4.79 Å². The number of carbonyl (C=O) groups is 1. The van der Waals surface area contributed by atoms with Gasteiger partial charge in [0.2, 0.25) is 0 Å². The van der Waals surface area contributed by atoms with Crippen molar-refractivity contribution < 1.29 is 4.79 Å². The molecule has 0 bridgehead atoms. The van der Waals surface area contributed by atoms with Crippen LogP contribution in [0.1, 0.15) is 23.8 Å². The molecule has 15 heavy (non-hydrogen) atoms. The molecule has 0 spiro atoms. The first kappa shape index (κ1) is 11.5. The van der Waals surface area contributed by atoms with Crippen molar-refractivity contribution in [2.45, 2.75) is 13.3 Å². The lowest BCUT2D eigenvalue weighted by atomic mass is 10.3. The molecule has 0 saturated heterocycles. The van der Waals surface area contributed by atoms with Crippen LogP contribution in [-0.2, 0) is 0 Å². The first-order chi connectivity index (χ1) is 7.15. The van der Waals surface area contributed by atoms with E-state index in [0.29, 0.717) is 5.69 Å². The molecule has 0 fully saturated rings. The second kappa shape index (κ2) is 5.34. The molecule has 0 aliphatic heterocycles. The van der Waals surface area contributed by atoms with E-state index in [2.05, 4.69) is 17.2 Å². The molecule has 1 aromatic heterocycles. The molecule has 1 heterocycles. The highest BCUT2D eigenvalue weighted by Gasteiger charge is 2.08. The van der Waals surface area contributed by atoms with Crippen LogP contribution in [0.5, 0.6) is 0 Å². The molecule has 1 rings (SSSR count). The van der Waals surface area contributed by atoms with Gasteiger partial charge in [0.15, 0.2) is 0 Å². The van der Waals surface area contributed by atoms with Crippen LogP contribution in [0.15, 0.2) is 18.3 Å². The zero-order valence-electron chi connectivity index (χ0n) is 9.45. The van der Waals surface area contributed by atoms with Gasteiger partial charge in [0.25, 0.3) is 5.91 Å². The summed E-state index contributed by atoms with van der Waals surface area (Å²) in [7, 11) is 3.43. The monoisotopic (exact) mass is 207 g/mol. The van der Waals surface area contributed by atoms with Crippen molar-refractivity contribution in [2.24, 2.45) is 0 Å². The molecule has 0 atom stereocenters. The van der Waals surface area contributed by atoms with Crippen LogP contribution in [0.2, 0.25) is 0 Å². The van der Waals surface area contributed by atoms with Gasteiger partial charge in [-0.25, -0.2) is 4.98 Å². The average molecular weight is 207 g/mol. The first-order valence-corrected chi connectivity index (χ1v) is 5.06. The molecular formula is C11H17N3O. The van der Waals surface area contributed by atoms with Crippen LogP contribution in [0, 0.1) is 0 Å². The summed E-state index contributed by atoms with van der Waals surface area (Å²) in [5, 5.41) is 3.20. The summed E-state index contributed by atoms with van der Waals surface area (Å²) in [6.07, 6.45) is 2.75. The Hall–Kier alpha value is -1.58. The Morgan fingerprint density at radius 3 is 2.67 bits per heavy atom. The number of hydrogen-bond acceptors (Lipinski definition) is 3. The smallest absolute Gasteiger partial charge is 0.271 e. The molecule has 0 aliphatic rings. The van der Waals surface area contributed by atoms with Gasteiger partial charge in [0, 0.05) is 20.6 Å². The Morgan fingerprint density at radius 1 is 1.47 bits per heavy atom. The van der Waals surface area contributed by atoms with Crippen molar-refractivity contribution in [1.82, 2.24) is 9.88 Å². The van der Waals surface area contributed by atoms with E-state index in [1.54, 1.807) is 26.4 Å². The standard InChI is InChI=1S/C11H17N3O/c1-4-7-12-9-5-6-10(13-8-9)11(15)14(2)3/h5-6,8,12H,4,7H2,1-3H3. The Kier molecular flexibility index (Phi) is 4.09. The number of hydrogen-bond donors (Lipinski definition) is 1. The predicted octanol–water partition coefficient (Wildman–Crippen LogP) is 1.61. The van der Waals surface area contributed by atoms with Crippen LogP contribution in [0.4, 0.5) is 5.69 Å².